The molecule has 0 aliphatic heterocycles. The zero-order valence-corrected chi connectivity index (χ0v) is 10.3. The molecule has 2 nitrogen and oxygen atoms in total. The van der Waals surface area contributed by atoms with Crippen molar-refractivity contribution in [3.63, 3.8) is 0 Å². The van der Waals surface area contributed by atoms with Crippen molar-refractivity contribution in [2.24, 2.45) is 0 Å². The van der Waals surface area contributed by atoms with E-state index >= 15 is 0 Å². The molecule has 5 heteroatoms. The van der Waals surface area contributed by atoms with Crippen molar-refractivity contribution in [1.82, 2.24) is 0 Å². The highest BCUT2D eigenvalue weighted by Crippen LogP contribution is 2.23. The molecule has 1 rings (SSSR count). The largest absolute Gasteiger partial charge is 0.496 e. The number of methoxy groups -OCH3 is 1. The van der Waals surface area contributed by atoms with E-state index in [9.17, 15) is 18.0 Å². The van der Waals surface area contributed by atoms with E-state index in [2.05, 4.69) is 0 Å². The van der Waals surface area contributed by atoms with E-state index < -0.39 is 12.0 Å². The third-order valence-corrected chi connectivity index (χ3v) is 2.27. The number of ether oxygens (including phenoxy) is 1. The number of ketones is 1. The molecule has 0 unspecified atom stereocenters. The molecule has 0 saturated carbocycles. The first-order valence-corrected chi connectivity index (χ1v) is 5.19. The van der Waals surface area contributed by atoms with Crippen LogP contribution in [0, 0.1) is 13.8 Å². The maximum absolute atomic E-state index is 12.2. The van der Waals surface area contributed by atoms with Gasteiger partial charge in [0, 0.05) is 11.6 Å². The average molecular weight is 258 g/mol. The molecule has 0 aliphatic rings. The summed E-state index contributed by atoms with van der Waals surface area (Å²) in [6.45, 7) is 3.63. The molecule has 0 amide bonds. The van der Waals surface area contributed by atoms with Gasteiger partial charge < -0.3 is 4.74 Å². The molecule has 0 bridgehead atoms. The maximum Gasteiger partial charge on any atom is 0.454 e. The van der Waals surface area contributed by atoms with E-state index in [0.29, 0.717) is 11.6 Å². The fraction of sp³-hybridized carbons (Fsp3) is 0.308. The van der Waals surface area contributed by atoms with Gasteiger partial charge >= 0.3 is 6.18 Å². The number of hydrogen-bond acceptors (Lipinski definition) is 2. The van der Waals surface area contributed by atoms with Crippen LogP contribution in [0.5, 0.6) is 0 Å². The smallest absolute Gasteiger partial charge is 0.454 e. The Morgan fingerprint density at radius 3 is 2.06 bits per heavy atom. The molecular weight excluding hydrogens is 245 g/mol. The minimum atomic E-state index is -4.89. The van der Waals surface area contributed by atoms with Crippen LogP contribution in [0.25, 0.3) is 5.76 Å². The second-order valence-corrected chi connectivity index (χ2v) is 3.95. The Balaban J connectivity index is 3.18. The zero-order valence-electron chi connectivity index (χ0n) is 10.3. The Hall–Kier alpha value is -1.78. The summed E-state index contributed by atoms with van der Waals surface area (Å²) in [4.78, 5) is 10.9. The van der Waals surface area contributed by atoms with Crippen molar-refractivity contribution in [2.45, 2.75) is 20.0 Å². The normalized spacial score (nSPS) is 12.4. The SMILES string of the molecule is COC(=CC(=O)C(F)(F)F)c1cc(C)cc(C)c1. The van der Waals surface area contributed by atoms with Gasteiger partial charge in [0.1, 0.15) is 5.76 Å². The number of allylic oxidation sites excluding steroid dienone is 1. The lowest BCUT2D eigenvalue weighted by Gasteiger charge is -2.09. The van der Waals surface area contributed by atoms with Crippen molar-refractivity contribution < 1.29 is 22.7 Å². The molecule has 0 aromatic heterocycles. The van der Waals surface area contributed by atoms with E-state index in [4.69, 9.17) is 4.74 Å². The molecule has 0 saturated heterocycles. The standard InChI is InChI=1S/C13H13F3O2/c1-8-4-9(2)6-10(5-8)11(18-3)7-12(17)13(14,15)16/h4-7H,1-3H3. The summed E-state index contributed by atoms with van der Waals surface area (Å²) >= 11 is 0. The number of alkyl halides is 3. The lowest BCUT2D eigenvalue weighted by atomic mass is 10.1. The van der Waals surface area contributed by atoms with Crippen LogP contribution in [0.2, 0.25) is 0 Å². The molecule has 1 aromatic rings. The van der Waals surface area contributed by atoms with Gasteiger partial charge in [-0.25, -0.2) is 0 Å². The minimum Gasteiger partial charge on any atom is -0.496 e. The van der Waals surface area contributed by atoms with Crippen LogP contribution in [-0.4, -0.2) is 19.1 Å². The highest BCUT2D eigenvalue weighted by molar-refractivity contribution is 5.99. The Kier molecular flexibility index (Phi) is 4.16. The molecule has 0 heterocycles. The lowest BCUT2D eigenvalue weighted by molar-refractivity contribution is -0.165. The quantitative estimate of drug-likeness (QED) is 0.613. The fourth-order valence-corrected chi connectivity index (χ4v) is 1.58. The Labute approximate surface area is 103 Å². The predicted octanol–water partition coefficient (Wildman–Crippen LogP) is 3.42. The molecule has 0 radical (unpaired) electrons. The number of halogens is 3. The van der Waals surface area contributed by atoms with Crippen molar-refractivity contribution in [1.29, 1.82) is 0 Å². The number of rotatable bonds is 3. The number of benzene rings is 1. The number of carbonyl (C=O) groups is 1. The molecule has 98 valence electrons. The van der Waals surface area contributed by atoms with E-state index in [1.165, 1.54) is 7.11 Å². The first-order chi connectivity index (χ1) is 8.24. The number of hydrogen-bond donors (Lipinski definition) is 0. The van der Waals surface area contributed by atoms with Crippen molar-refractivity contribution in [2.75, 3.05) is 7.11 Å². The summed E-state index contributed by atoms with van der Waals surface area (Å²) in [6.07, 6.45) is -4.42. The van der Waals surface area contributed by atoms with Crippen LogP contribution >= 0.6 is 0 Å². The van der Waals surface area contributed by atoms with Crippen LogP contribution in [0.4, 0.5) is 13.2 Å². The van der Waals surface area contributed by atoms with Crippen LogP contribution < -0.4 is 0 Å². The van der Waals surface area contributed by atoms with E-state index in [1.54, 1.807) is 12.1 Å². The topological polar surface area (TPSA) is 26.3 Å². The summed E-state index contributed by atoms with van der Waals surface area (Å²) < 4.78 is 41.4. The Morgan fingerprint density at radius 1 is 1.17 bits per heavy atom. The van der Waals surface area contributed by atoms with Crippen molar-refractivity contribution >= 4 is 11.5 Å². The maximum atomic E-state index is 12.2. The monoisotopic (exact) mass is 258 g/mol. The molecule has 18 heavy (non-hydrogen) atoms. The van der Waals surface area contributed by atoms with Crippen LogP contribution in [0.3, 0.4) is 0 Å². The first-order valence-electron chi connectivity index (χ1n) is 5.19. The predicted molar refractivity (Wildman–Crippen MR) is 62.0 cm³/mol. The molecule has 0 atom stereocenters. The van der Waals surface area contributed by atoms with Gasteiger partial charge in [-0.05, 0) is 26.0 Å². The highest BCUT2D eigenvalue weighted by atomic mass is 19.4. The average Bonchev–Trinajstić information content (AvgIpc) is 2.22. The van der Waals surface area contributed by atoms with E-state index in [0.717, 1.165) is 11.1 Å². The number of aryl methyl sites for hydroxylation is 2. The second kappa shape index (κ2) is 5.25. The lowest BCUT2D eigenvalue weighted by Crippen LogP contribution is -2.20. The van der Waals surface area contributed by atoms with Crippen molar-refractivity contribution in [3.05, 3.63) is 41.0 Å². The van der Waals surface area contributed by atoms with Gasteiger partial charge in [-0.3, -0.25) is 4.79 Å². The Morgan fingerprint density at radius 2 is 1.67 bits per heavy atom. The van der Waals surface area contributed by atoms with Gasteiger partial charge in [0.25, 0.3) is 5.78 Å². The van der Waals surface area contributed by atoms with Crippen LogP contribution in [0.15, 0.2) is 24.3 Å². The molecule has 0 spiro atoms. The summed E-state index contributed by atoms with van der Waals surface area (Å²) in [6, 6.07) is 5.19. The fourth-order valence-electron chi connectivity index (χ4n) is 1.58. The molecule has 0 aliphatic carbocycles. The highest BCUT2D eigenvalue weighted by Gasteiger charge is 2.37. The van der Waals surface area contributed by atoms with Gasteiger partial charge in [0.2, 0.25) is 0 Å². The summed E-state index contributed by atoms with van der Waals surface area (Å²) in [5, 5.41) is 0. The van der Waals surface area contributed by atoms with E-state index in [-0.39, 0.29) is 5.76 Å². The molecule has 0 N–H and O–H groups in total. The summed E-state index contributed by atoms with van der Waals surface area (Å²) in [7, 11) is 1.23. The zero-order chi connectivity index (χ0) is 13.9. The second-order valence-electron chi connectivity index (χ2n) is 3.95. The van der Waals surface area contributed by atoms with Gasteiger partial charge in [-0.2, -0.15) is 13.2 Å². The summed E-state index contributed by atoms with van der Waals surface area (Å²) in [5.41, 5.74) is 2.22. The third kappa shape index (κ3) is 3.61. The van der Waals surface area contributed by atoms with Crippen molar-refractivity contribution in [3.8, 4) is 0 Å². The molecule has 1 aromatic carbocycles. The van der Waals surface area contributed by atoms with Crippen LogP contribution in [0.1, 0.15) is 16.7 Å². The molecule has 0 fully saturated rings. The van der Waals surface area contributed by atoms with Gasteiger partial charge in [-0.1, -0.05) is 17.2 Å². The third-order valence-electron chi connectivity index (χ3n) is 2.27. The summed E-state index contributed by atoms with van der Waals surface area (Å²) in [5.74, 6) is -2.03. The first kappa shape index (κ1) is 14.3. The van der Waals surface area contributed by atoms with Gasteiger partial charge in [-0.15, -0.1) is 0 Å². The van der Waals surface area contributed by atoms with Gasteiger partial charge in [0.15, 0.2) is 0 Å². The van der Waals surface area contributed by atoms with Gasteiger partial charge in [0.05, 0.1) is 7.11 Å². The van der Waals surface area contributed by atoms with Crippen LogP contribution in [-0.2, 0) is 9.53 Å². The molecular formula is C13H13F3O2. The van der Waals surface area contributed by atoms with E-state index in [1.807, 2.05) is 19.9 Å². The number of carbonyl (C=O) groups excluding carboxylic acids is 1. The minimum absolute atomic E-state index is 0.0934. The Bertz CT molecular complexity index is 467.